The maximum absolute atomic E-state index is 12.2. The van der Waals surface area contributed by atoms with Crippen molar-refractivity contribution in [1.29, 1.82) is 0 Å². The van der Waals surface area contributed by atoms with E-state index in [4.69, 9.17) is 12.2 Å². The standard InChI is InChI=1S/C8H6F2N2OS2/c9-5(10)3-12-7(13)6-4(1-2-15-6)11-8(12)14/h1-2,5H,3H2,(H,11,14). The minimum Gasteiger partial charge on any atom is -0.331 e. The summed E-state index contributed by atoms with van der Waals surface area (Å²) >= 11 is 6.04. The molecule has 0 saturated carbocycles. The molecule has 2 heterocycles. The molecule has 0 bridgehead atoms. The van der Waals surface area contributed by atoms with Crippen LogP contribution in [0.15, 0.2) is 16.2 Å². The highest BCUT2D eigenvalue weighted by molar-refractivity contribution is 7.71. The van der Waals surface area contributed by atoms with E-state index in [2.05, 4.69) is 4.98 Å². The first-order valence-electron chi connectivity index (χ1n) is 4.08. The average Bonchev–Trinajstić information content (AvgIpc) is 2.59. The van der Waals surface area contributed by atoms with E-state index in [1.807, 2.05) is 0 Å². The summed E-state index contributed by atoms with van der Waals surface area (Å²) in [4.78, 5) is 14.4. The predicted molar refractivity (Wildman–Crippen MR) is 57.3 cm³/mol. The topological polar surface area (TPSA) is 37.8 Å². The molecule has 1 N–H and O–H groups in total. The number of thiophene rings is 1. The van der Waals surface area contributed by atoms with Gasteiger partial charge in [-0.15, -0.1) is 11.3 Å². The molecule has 0 fully saturated rings. The Morgan fingerprint density at radius 1 is 1.60 bits per heavy atom. The minimum atomic E-state index is -2.59. The number of nitrogens with zero attached hydrogens (tertiary/aromatic N) is 1. The van der Waals surface area contributed by atoms with Gasteiger partial charge in [-0.05, 0) is 23.7 Å². The van der Waals surface area contributed by atoms with E-state index in [1.54, 1.807) is 11.4 Å². The molecule has 0 aliphatic rings. The molecular weight excluding hydrogens is 242 g/mol. The van der Waals surface area contributed by atoms with Crippen LogP contribution in [0.2, 0.25) is 0 Å². The van der Waals surface area contributed by atoms with Crippen LogP contribution in [0, 0.1) is 4.77 Å². The first-order chi connectivity index (χ1) is 7.09. The molecule has 7 heteroatoms. The summed E-state index contributed by atoms with van der Waals surface area (Å²) in [5.41, 5.74) is 0.143. The molecule has 3 nitrogen and oxygen atoms in total. The maximum atomic E-state index is 12.2. The highest BCUT2D eigenvalue weighted by Crippen LogP contribution is 2.14. The minimum absolute atomic E-state index is 0.0335. The average molecular weight is 248 g/mol. The van der Waals surface area contributed by atoms with Gasteiger partial charge in [-0.1, -0.05) is 0 Å². The fraction of sp³-hybridized carbons (Fsp3) is 0.250. The van der Waals surface area contributed by atoms with Crippen molar-refractivity contribution in [2.75, 3.05) is 0 Å². The fourth-order valence-corrected chi connectivity index (χ4v) is 2.34. The Bertz CT molecular complexity index is 598. The van der Waals surface area contributed by atoms with Gasteiger partial charge in [0.25, 0.3) is 12.0 Å². The molecule has 0 aliphatic carbocycles. The summed E-state index contributed by atoms with van der Waals surface area (Å²) in [5, 5.41) is 1.71. The van der Waals surface area contributed by atoms with E-state index in [0.29, 0.717) is 10.2 Å². The normalized spacial score (nSPS) is 11.4. The number of hydrogen-bond acceptors (Lipinski definition) is 3. The smallest absolute Gasteiger partial charge is 0.272 e. The van der Waals surface area contributed by atoms with Crippen molar-refractivity contribution in [2.24, 2.45) is 0 Å². The molecule has 2 aromatic heterocycles. The largest absolute Gasteiger partial charge is 0.331 e. The Balaban J connectivity index is 2.73. The monoisotopic (exact) mass is 248 g/mol. The van der Waals surface area contributed by atoms with Crippen LogP contribution in [0.5, 0.6) is 0 Å². The van der Waals surface area contributed by atoms with E-state index in [1.165, 1.54) is 11.3 Å². The number of H-pyrrole nitrogens is 1. The van der Waals surface area contributed by atoms with Crippen LogP contribution >= 0.6 is 23.6 Å². The van der Waals surface area contributed by atoms with E-state index < -0.39 is 18.5 Å². The molecule has 0 amide bonds. The number of alkyl halides is 2. The summed E-state index contributed by atoms with van der Waals surface area (Å²) in [6, 6.07) is 1.70. The molecular formula is C8H6F2N2OS2. The van der Waals surface area contributed by atoms with Crippen LogP contribution in [0.1, 0.15) is 0 Å². The molecule has 0 radical (unpaired) electrons. The number of aromatic amines is 1. The zero-order chi connectivity index (χ0) is 11.0. The van der Waals surface area contributed by atoms with E-state index in [0.717, 1.165) is 4.57 Å². The van der Waals surface area contributed by atoms with Gasteiger partial charge in [-0.3, -0.25) is 9.36 Å². The molecule has 0 saturated heterocycles. The summed E-state index contributed by atoms with van der Waals surface area (Å²) in [6.45, 7) is -0.665. The summed E-state index contributed by atoms with van der Waals surface area (Å²) in [5.74, 6) is 0. The quantitative estimate of drug-likeness (QED) is 0.829. The van der Waals surface area contributed by atoms with Gasteiger partial charge in [-0.25, -0.2) is 8.78 Å². The summed E-state index contributed by atoms with van der Waals surface area (Å²) in [6.07, 6.45) is -2.59. The number of hydrogen-bond donors (Lipinski definition) is 1. The van der Waals surface area contributed by atoms with Crippen molar-refractivity contribution in [3.05, 3.63) is 26.6 Å². The van der Waals surface area contributed by atoms with Gasteiger partial charge in [0.2, 0.25) is 0 Å². The Hall–Kier alpha value is -1.08. The molecule has 15 heavy (non-hydrogen) atoms. The lowest BCUT2D eigenvalue weighted by atomic mass is 10.4. The Morgan fingerprint density at radius 3 is 3.00 bits per heavy atom. The van der Waals surface area contributed by atoms with Crippen molar-refractivity contribution < 1.29 is 8.78 Å². The van der Waals surface area contributed by atoms with Crippen LogP contribution in [0.4, 0.5) is 8.78 Å². The third-order valence-corrected chi connectivity index (χ3v) is 3.14. The summed E-state index contributed by atoms with van der Waals surface area (Å²) in [7, 11) is 0. The van der Waals surface area contributed by atoms with Crippen molar-refractivity contribution in [1.82, 2.24) is 9.55 Å². The lowest BCUT2D eigenvalue weighted by Crippen LogP contribution is -2.24. The van der Waals surface area contributed by atoms with Crippen LogP contribution in [-0.2, 0) is 6.54 Å². The molecule has 0 atom stereocenters. The maximum Gasteiger partial charge on any atom is 0.272 e. The highest BCUT2D eigenvalue weighted by Gasteiger charge is 2.10. The van der Waals surface area contributed by atoms with Gasteiger partial charge >= 0.3 is 0 Å². The van der Waals surface area contributed by atoms with Gasteiger partial charge < -0.3 is 4.98 Å². The molecule has 2 aromatic rings. The Labute approximate surface area is 92.0 Å². The van der Waals surface area contributed by atoms with Gasteiger partial charge in [0.1, 0.15) is 4.70 Å². The summed E-state index contributed by atoms with van der Waals surface area (Å²) < 4.78 is 25.7. The van der Waals surface area contributed by atoms with Crippen LogP contribution in [0.3, 0.4) is 0 Å². The van der Waals surface area contributed by atoms with Crippen molar-refractivity contribution in [2.45, 2.75) is 13.0 Å². The first-order valence-corrected chi connectivity index (χ1v) is 5.37. The Morgan fingerprint density at radius 2 is 2.33 bits per heavy atom. The third kappa shape index (κ3) is 1.84. The Kier molecular flexibility index (Phi) is 2.66. The number of nitrogens with one attached hydrogen (secondary N) is 1. The second kappa shape index (κ2) is 3.82. The van der Waals surface area contributed by atoms with E-state index in [9.17, 15) is 13.6 Å². The lowest BCUT2D eigenvalue weighted by molar-refractivity contribution is 0.124. The zero-order valence-electron chi connectivity index (χ0n) is 7.37. The van der Waals surface area contributed by atoms with E-state index >= 15 is 0 Å². The zero-order valence-corrected chi connectivity index (χ0v) is 9.00. The van der Waals surface area contributed by atoms with Gasteiger partial charge in [-0.2, -0.15) is 0 Å². The molecule has 80 valence electrons. The van der Waals surface area contributed by atoms with Crippen molar-refractivity contribution in [3.63, 3.8) is 0 Å². The van der Waals surface area contributed by atoms with Crippen LogP contribution in [0.25, 0.3) is 10.2 Å². The molecule has 0 aromatic carbocycles. The highest BCUT2D eigenvalue weighted by atomic mass is 32.1. The third-order valence-electron chi connectivity index (χ3n) is 1.91. The van der Waals surface area contributed by atoms with E-state index in [-0.39, 0.29) is 4.77 Å². The fourth-order valence-electron chi connectivity index (χ4n) is 1.27. The number of fused-ring (bicyclic) bond motifs is 1. The van der Waals surface area contributed by atoms with Crippen LogP contribution in [-0.4, -0.2) is 16.0 Å². The number of aromatic nitrogens is 2. The van der Waals surface area contributed by atoms with Gasteiger partial charge in [0.05, 0.1) is 12.1 Å². The van der Waals surface area contributed by atoms with Crippen molar-refractivity contribution >= 4 is 33.8 Å². The molecule has 2 rings (SSSR count). The number of halogens is 2. The predicted octanol–water partition coefficient (Wildman–Crippen LogP) is 2.39. The lowest BCUT2D eigenvalue weighted by Gasteiger charge is -2.04. The second-order valence-electron chi connectivity index (χ2n) is 2.90. The molecule has 0 aliphatic heterocycles. The van der Waals surface area contributed by atoms with Crippen LogP contribution < -0.4 is 5.56 Å². The molecule has 0 unspecified atom stereocenters. The van der Waals surface area contributed by atoms with Gasteiger partial charge in [0.15, 0.2) is 4.77 Å². The van der Waals surface area contributed by atoms with Crippen molar-refractivity contribution in [3.8, 4) is 0 Å². The molecule has 0 spiro atoms. The number of rotatable bonds is 2. The van der Waals surface area contributed by atoms with Gasteiger partial charge in [0, 0.05) is 0 Å². The second-order valence-corrected chi connectivity index (χ2v) is 4.20. The first kappa shape index (κ1) is 10.4. The SMILES string of the molecule is O=c1c2sccc2[nH]c(=S)n1CC(F)F.